The molecule has 1 aromatic heterocycles. The average molecular weight is 272 g/mol. The minimum absolute atomic E-state index is 0.0947. The lowest BCUT2D eigenvalue weighted by Gasteiger charge is -2.07. The van der Waals surface area contributed by atoms with Crippen LogP contribution in [0.4, 0.5) is 0 Å². The molecular formula is C9H12N4O4S. The fraction of sp³-hybridized carbons (Fsp3) is 0.444. The SMILES string of the molecule is Cc1[nH]nc(C(=O)O)c1S(=O)(=O)NCC(C)C#N. The Morgan fingerprint density at radius 3 is 2.78 bits per heavy atom. The zero-order valence-corrected chi connectivity index (χ0v) is 10.6. The molecular weight excluding hydrogens is 260 g/mol. The van der Waals surface area contributed by atoms with Gasteiger partial charge in [0.1, 0.15) is 4.90 Å². The Labute approximate surface area is 104 Å². The number of aromatic nitrogens is 2. The molecule has 18 heavy (non-hydrogen) atoms. The van der Waals surface area contributed by atoms with Crippen molar-refractivity contribution in [3.63, 3.8) is 0 Å². The number of H-pyrrole nitrogens is 1. The van der Waals surface area contributed by atoms with E-state index in [0.29, 0.717) is 0 Å². The van der Waals surface area contributed by atoms with Gasteiger partial charge in [0.2, 0.25) is 10.0 Å². The van der Waals surface area contributed by atoms with Gasteiger partial charge in [0.25, 0.3) is 0 Å². The van der Waals surface area contributed by atoms with E-state index in [0.717, 1.165) is 0 Å². The number of sulfonamides is 1. The normalized spacial score (nSPS) is 12.9. The van der Waals surface area contributed by atoms with E-state index in [9.17, 15) is 13.2 Å². The summed E-state index contributed by atoms with van der Waals surface area (Å²) in [4.78, 5) is 10.4. The highest BCUT2D eigenvalue weighted by Gasteiger charge is 2.28. The molecule has 0 fully saturated rings. The lowest BCUT2D eigenvalue weighted by atomic mass is 10.2. The third-order valence-corrected chi connectivity index (χ3v) is 3.75. The molecule has 0 aliphatic rings. The number of hydrogen-bond acceptors (Lipinski definition) is 5. The van der Waals surface area contributed by atoms with E-state index in [4.69, 9.17) is 10.4 Å². The van der Waals surface area contributed by atoms with E-state index in [2.05, 4.69) is 14.9 Å². The van der Waals surface area contributed by atoms with Gasteiger partial charge in [-0.2, -0.15) is 10.4 Å². The summed E-state index contributed by atoms with van der Waals surface area (Å²) >= 11 is 0. The molecule has 1 heterocycles. The Bertz CT molecular complexity index is 599. The summed E-state index contributed by atoms with van der Waals surface area (Å²) < 4.78 is 26.0. The van der Waals surface area contributed by atoms with Crippen LogP contribution in [0.25, 0.3) is 0 Å². The minimum Gasteiger partial charge on any atom is -0.476 e. The zero-order valence-electron chi connectivity index (χ0n) is 9.76. The number of nitrogens with one attached hydrogen (secondary N) is 2. The topological polar surface area (TPSA) is 136 Å². The number of carboxylic acids is 1. The summed E-state index contributed by atoms with van der Waals surface area (Å²) in [5.74, 6) is -1.95. The molecule has 0 saturated heterocycles. The summed E-state index contributed by atoms with van der Waals surface area (Å²) in [6.07, 6.45) is 0. The monoisotopic (exact) mass is 272 g/mol. The second kappa shape index (κ2) is 5.16. The van der Waals surface area contributed by atoms with Crippen molar-refractivity contribution in [2.45, 2.75) is 18.7 Å². The summed E-state index contributed by atoms with van der Waals surface area (Å²) in [7, 11) is -4.00. The average Bonchev–Trinajstić information content (AvgIpc) is 2.69. The van der Waals surface area contributed by atoms with Crippen molar-refractivity contribution >= 4 is 16.0 Å². The molecule has 0 bridgehead atoms. The molecule has 0 saturated carbocycles. The smallest absolute Gasteiger partial charge is 0.357 e. The van der Waals surface area contributed by atoms with Crippen LogP contribution < -0.4 is 4.72 Å². The number of carboxylic acid groups (broad SMARTS) is 1. The molecule has 9 heteroatoms. The molecule has 0 aromatic carbocycles. The predicted molar refractivity (Wildman–Crippen MR) is 60.2 cm³/mol. The summed E-state index contributed by atoms with van der Waals surface area (Å²) in [6, 6.07) is 1.87. The highest BCUT2D eigenvalue weighted by Crippen LogP contribution is 2.17. The number of aryl methyl sites for hydroxylation is 1. The maximum Gasteiger partial charge on any atom is 0.357 e. The third kappa shape index (κ3) is 2.85. The van der Waals surface area contributed by atoms with Gasteiger partial charge in [-0.05, 0) is 13.8 Å². The molecule has 0 aliphatic heterocycles. The van der Waals surface area contributed by atoms with Crippen molar-refractivity contribution in [1.82, 2.24) is 14.9 Å². The standard InChI is InChI=1S/C9H12N4O4S/c1-5(3-10)4-11-18(16,17)8-6(2)12-13-7(8)9(14)15/h5,11H,4H2,1-2H3,(H,12,13)(H,14,15). The van der Waals surface area contributed by atoms with Crippen LogP contribution in [0.5, 0.6) is 0 Å². The van der Waals surface area contributed by atoms with Crippen LogP contribution in [-0.4, -0.2) is 36.2 Å². The lowest BCUT2D eigenvalue weighted by Crippen LogP contribution is -2.29. The van der Waals surface area contributed by atoms with E-state index in [-0.39, 0.29) is 12.2 Å². The van der Waals surface area contributed by atoms with Gasteiger partial charge in [-0.15, -0.1) is 0 Å². The second-order valence-electron chi connectivity index (χ2n) is 3.71. The van der Waals surface area contributed by atoms with Crippen molar-refractivity contribution < 1.29 is 18.3 Å². The molecule has 1 rings (SSSR count). The molecule has 0 radical (unpaired) electrons. The van der Waals surface area contributed by atoms with Gasteiger partial charge in [0, 0.05) is 6.54 Å². The van der Waals surface area contributed by atoms with E-state index < -0.39 is 32.5 Å². The number of aromatic carboxylic acids is 1. The van der Waals surface area contributed by atoms with Crippen molar-refractivity contribution in [3.8, 4) is 6.07 Å². The summed E-state index contributed by atoms with van der Waals surface area (Å²) in [6.45, 7) is 2.85. The van der Waals surface area contributed by atoms with Crippen LogP contribution in [0, 0.1) is 24.2 Å². The quantitative estimate of drug-likeness (QED) is 0.682. The highest BCUT2D eigenvalue weighted by atomic mass is 32.2. The van der Waals surface area contributed by atoms with Crippen LogP contribution in [0.1, 0.15) is 23.1 Å². The molecule has 1 aromatic rings. The molecule has 0 aliphatic carbocycles. The molecule has 8 nitrogen and oxygen atoms in total. The molecule has 0 spiro atoms. The molecule has 3 N–H and O–H groups in total. The number of nitrogens with zero attached hydrogens (tertiary/aromatic N) is 2. The van der Waals surface area contributed by atoms with E-state index in [1.165, 1.54) is 6.92 Å². The van der Waals surface area contributed by atoms with E-state index in [1.807, 2.05) is 6.07 Å². The van der Waals surface area contributed by atoms with Crippen LogP contribution in [-0.2, 0) is 10.0 Å². The number of hydrogen-bond donors (Lipinski definition) is 3. The van der Waals surface area contributed by atoms with Crippen LogP contribution >= 0.6 is 0 Å². The molecule has 1 atom stereocenters. The molecule has 98 valence electrons. The van der Waals surface area contributed by atoms with Gasteiger partial charge in [0.15, 0.2) is 5.69 Å². The Kier molecular flexibility index (Phi) is 4.05. The van der Waals surface area contributed by atoms with E-state index in [1.54, 1.807) is 6.92 Å². The van der Waals surface area contributed by atoms with Gasteiger partial charge in [0.05, 0.1) is 17.7 Å². The number of nitriles is 1. The number of carbonyl (C=O) groups is 1. The van der Waals surface area contributed by atoms with Gasteiger partial charge in [-0.1, -0.05) is 0 Å². The minimum atomic E-state index is -4.00. The van der Waals surface area contributed by atoms with Crippen molar-refractivity contribution in [1.29, 1.82) is 5.26 Å². The van der Waals surface area contributed by atoms with Gasteiger partial charge < -0.3 is 5.11 Å². The number of aromatic amines is 1. The Hall–Kier alpha value is -1.92. The van der Waals surface area contributed by atoms with Crippen molar-refractivity contribution in [3.05, 3.63) is 11.4 Å². The fourth-order valence-electron chi connectivity index (χ4n) is 1.25. The Balaban J connectivity index is 3.10. The van der Waals surface area contributed by atoms with Crippen LogP contribution in [0.3, 0.4) is 0 Å². The predicted octanol–water partition coefficient (Wildman–Crippen LogP) is -0.146. The van der Waals surface area contributed by atoms with Gasteiger partial charge in [-0.3, -0.25) is 5.10 Å². The summed E-state index contributed by atoms with van der Waals surface area (Å²) in [5, 5.41) is 23.1. The first kappa shape index (κ1) is 14.1. The first-order valence-electron chi connectivity index (χ1n) is 4.97. The zero-order chi connectivity index (χ0) is 13.9. The number of rotatable bonds is 5. The summed E-state index contributed by atoms with van der Waals surface area (Å²) in [5.41, 5.74) is -0.436. The highest BCUT2D eigenvalue weighted by molar-refractivity contribution is 7.89. The third-order valence-electron chi connectivity index (χ3n) is 2.16. The van der Waals surface area contributed by atoms with Crippen molar-refractivity contribution in [2.75, 3.05) is 6.54 Å². The Morgan fingerprint density at radius 1 is 1.67 bits per heavy atom. The molecule has 1 unspecified atom stereocenters. The van der Waals surface area contributed by atoms with Crippen LogP contribution in [0.15, 0.2) is 4.90 Å². The molecule has 0 amide bonds. The first-order chi connectivity index (χ1) is 8.29. The maximum atomic E-state index is 11.9. The fourth-order valence-corrected chi connectivity index (χ4v) is 2.70. The van der Waals surface area contributed by atoms with Crippen molar-refractivity contribution in [2.24, 2.45) is 5.92 Å². The second-order valence-corrected chi connectivity index (χ2v) is 5.42. The lowest BCUT2D eigenvalue weighted by molar-refractivity contribution is 0.0686. The largest absolute Gasteiger partial charge is 0.476 e. The maximum absolute atomic E-state index is 11.9. The van der Waals surface area contributed by atoms with Crippen LogP contribution in [0.2, 0.25) is 0 Å². The van der Waals surface area contributed by atoms with Gasteiger partial charge in [-0.25, -0.2) is 17.9 Å². The van der Waals surface area contributed by atoms with Gasteiger partial charge >= 0.3 is 5.97 Å². The van der Waals surface area contributed by atoms with E-state index >= 15 is 0 Å². The first-order valence-corrected chi connectivity index (χ1v) is 6.45. The Morgan fingerprint density at radius 2 is 2.28 bits per heavy atom.